The van der Waals surface area contributed by atoms with Gasteiger partial charge in [-0.2, -0.15) is 0 Å². The normalized spacial score (nSPS) is 13.6. The Bertz CT molecular complexity index is 1190. The number of hydrogen-bond donors (Lipinski definition) is 4. The molecule has 0 aliphatic heterocycles. The van der Waals surface area contributed by atoms with Gasteiger partial charge in [0.25, 0.3) is 0 Å². The van der Waals surface area contributed by atoms with E-state index in [4.69, 9.17) is 10.1 Å². The molecule has 0 unspecified atom stereocenters. The predicted octanol–water partition coefficient (Wildman–Crippen LogP) is 3.86. The Morgan fingerprint density at radius 3 is 2.72 bits per heavy atom. The van der Waals surface area contributed by atoms with E-state index in [9.17, 15) is 9.59 Å². The van der Waals surface area contributed by atoms with Gasteiger partial charge < -0.3 is 20.7 Å². The number of ether oxygens (including phenoxy) is 1. The molecule has 2 heterocycles. The van der Waals surface area contributed by atoms with Gasteiger partial charge in [0.05, 0.1) is 23.2 Å². The quantitative estimate of drug-likeness (QED) is 0.226. The highest BCUT2D eigenvalue weighted by Gasteiger charge is 2.29. The lowest BCUT2D eigenvalue weighted by atomic mass is 10.1. The molecule has 4 N–H and O–H groups in total. The summed E-state index contributed by atoms with van der Waals surface area (Å²) in [5.41, 5.74) is 2.62. The number of methoxy groups -OCH3 is 1. The summed E-state index contributed by atoms with van der Waals surface area (Å²) in [6.45, 7) is 10.0. The van der Waals surface area contributed by atoms with E-state index in [0.717, 1.165) is 12.8 Å². The summed E-state index contributed by atoms with van der Waals surface area (Å²) >= 11 is 0. The Morgan fingerprint density at radius 2 is 2.06 bits per heavy atom. The highest BCUT2D eigenvalue weighted by Crippen LogP contribution is 2.29. The Hall–Kier alpha value is -3.92. The summed E-state index contributed by atoms with van der Waals surface area (Å²) in [7, 11) is 1.64. The van der Waals surface area contributed by atoms with Crippen molar-refractivity contribution < 1.29 is 14.3 Å². The summed E-state index contributed by atoms with van der Waals surface area (Å²) in [4.78, 5) is 37.7. The SMILES string of the molecule is C=C/C(=C\C(=N)NC(=O)C1CC1)c1ccnc(-c2cc(NC(=O)NCCC(C)(C)OC)cnc2C)n1. The van der Waals surface area contributed by atoms with Crippen molar-refractivity contribution in [2.24, 2.45) is 5.92 Å². The molecular weight excluding hydrogens is 458 g/mol. The van der Waals surface area contributed by atoms with E-state index in [-0.39, 0.29) is 29.3 Å². The molecule has 1 saturated carbocycles. The molecule has 3 amide bonds. The molecular formula is C26H33N7O3. The standard InChI is InChI=1S/C26H33N7O3/c1-6-17(13-22(27)33-24(34)18-7-8-18)21-9-11-28-23(32-21)20-14-19(15-30-16(20)2)31-25(35)29-12-10-26(3,4)36-5/h6,9,11,13-15,18H,1,7-8,10,12H2,2-5H3,(H2,27,33,34)(H2,29,31,35)/b17-13+. The molecule has 2 aromatic rings. The minimum absolute atomic E-state index is 0.00669. The predicted molar refractivity (Wildman–Crippen MR) is 139 cm³/mol. The molecule has 0 atom stereocenters. The molecule has 10 nitrogen and oxygen atoms in total. The average molecular weight is 492 g/mol. The Labute approximate surface area is 211 Å². The number of carbonyl (C=O) groups is 2. The van der Waals surface area contributed by atoms with Gasteiger partial charge in [-0.15, -0.1) is 0 Å². The Balaban J connectivity index is 1.73. The third-order valence-electron chi connectivity index (χ3n) is 5.83. The number of nitrogens with zero attached hydrogens (tertiary/aromatic N) is 3. The summed E-state index contributed by atoms with van der Waals surface area (Å²) < 4.78 is 5.36. The van der Waals surface area contributed by atoms with Gasteiger partial charge in [-0.25, -0.2) is 14.8 Å². The largest absolute Gasteiger partial charge is 0.379 e. The fourth-order valence-electron chi connectivity index (χ4n) is 3.24. The van der Waals surface area contributed by atoms with E-state index in [0.29, 0.717) is 47.0 Å². The van der Waals surface area contributed by atoms with Crippen molar-refractivity contribution in [2.45, 2.75) is 45.6 Å². The zero-order chi connectivity index (χ0) is 26.3. The Kier molecular flexibility index (Phi) is 8.65. The molecule has 2 aromatic heterocycles. The number of rotatable bonds is 10. The molecule has 10 heteroatoms. The topological polar surface area (TPSA) is 142 Å². The monoisotopic (exact) mass is 491 g/mol. The van der Waals surface area contributed by atoms with Gasteiger partial charge in [-0.05, 0) is 58.2 Å². The number of carbonyl (C=O) groups excluding carboxylic acids is 2. The van der Waals surface area contributed by atoms with Crippen LogP contribution in [0.5, 0.6) is 0 Å². The number of allylic oxidation sites excluding steroid dienone is 2. The number of aromatic nitrogens is 3. The summed E-state index contributed by atoms with van der Waals surface area (Å²) in [6.07, 6.45) is 8.64. The van der Waals surface area contributed by atoms with E-state index in [1.807, 2.05) is 20.8 Å². The second-order valence-corrected chi connectivity index (χ2v) is 9.20. The Morgan fingerprint density at radius 1 is 1.31 bits per heavy atom. The van der Waals surface area contributed by atoms with Crippen LogP contribution in [-0.4, -0.2) is 52.0 Å². The van der Waals surface area contributed by atoms with Crippen molar-refractivity contribution in [1.82, 2.24) is 25.6 Å². The van der Waals surface area contributed by atoms with Crippen LogP contribution < -0.4 is 16.0 Å². The van der Waals surface area contributed by atoms with Crippen LogP contribution in [-0.2, 0) is 9.53 Å². The first-order valence-corrected chi connectivity index (χ1v) is 11.8. The lowest BCUT2D eigenvalue weighted by molar-refractivity contribution is -0.120. The zero-order valence-corrected chi connectivity index (χ0v) is 21.1. The van der Waals surface area contributed by atoms with Crippen molar-refractivity contribution in [2.75, 3.05) is 19.0 Å². The first-order chi connectivity index (χ1) is 17.1. The third kappa shape index (κ3) is 7.54. The van der Waals surface area contributed by atoms with E-state index < -0.39 is 0 Å². The second-order valence-electron chi connectivity index (χ2n) is 9.20. The second kappa shape index (κ2) is 11.7. The van der Waals surface area contributed by atoms with Crippen molar-refractivity contribution in [3.05, 3.63) is 54.6 Å². The van der Waals surface area contributed by atoms with Crippen molar-refractivity contribution in [1.29, 1.82) is 5.41 Å². The van der Waals surface area contributed by atoms with Crippen LogP contribution in [0.2, 0.25) is 0 Å². The highest BCUT2D eigenvalue weighted by molar-refractivity contribution is 6.07. The van der Waals surface area contributed by atoms with E-state index in [2.05, 4.69) is 37.5 Å². The maximum atomic E-state index is 12.3. The van der Waals surface area contributed by atoms with Gasteiger partial charge in [-0.3, -0.25) is 15.2 Å². The molecule has 0 radical (unpaired) electrons. The summed E-state index contributed by atoms with van der Waals surface area (Å²) in [5.74, 6) is 0.253. The fraction of sp³-hybridized carbons (Fsp3) is 0.385. The molecule has 0 spiro atoms. The molecule has 3 rings (SSSR count). The summed E-state index contributed by atoms with van der Waals surface area (Å²) in [5, 5.41) is 16.3. The van der Waals surface area contributed by atoms with Crippen LogP contribution in [0.4, 0.5) is 10.5 Å². The molecule has 1 aliphatic rings. The number of pyridine rings is 1. The van der Waals surface area contributed by atoms with Crippen LogP contribution in [0.15, 0.2) is 43.3 Å². The number of amidine groups is 1. The minimum Gasteiger partial charge on any atom is -0.379 e. The number of anilines is 1. The highest BCUT2D eigenvalue weighted by atomic mass is 16.5. The van der Waals surface area contributed by atoms with Crippen LogP contribution in [0.25, 0.3) is 17.0 Å². The van der Waals surface area contributed by atoms with E-state index in [1.54, 1.807) is 37.7 Å². The first kappa shape index (κ1) is 26.7. The molecule has 190 valence electrons. The zero-order valence-electron chi connectivity index (χ0n) is 21.1. The maximum absolute atomic E-state index is 12.3. The van der Waals surface area contributed by atoms with Crippen molar-refractivity contribution in [3.8, 4) is 11.4 Å². The molecule has 1 fully saturated rings. The molecule has 36 heavy (non-hydrogen) atoms. The van der Waals surface area contributed by atoms with Crippen molar-refractivity contribution in [3.63, 3.8) is 0 Å². The third-order valence-corrected chi connectivity index (χ3v) is 5.83. The number of urea groups is 1. The fourth-order valence-corrected chi connectivity index (χ4v) is 3.24. The molecule has 0 bridgehead atoms. The maximum Gasteiger partial charge on any atom is 0.319 e. The lowest BCUT2D eigenvalue weighted by Gasteiger charge is -2.22. The molecule has 0 saturated heterocycles. The van der Waals surface area contributed by atoms with Crippen LogP contribution in [0, 0.1) is 18.3 Å². The van der Waals surface area contributed by atoms with Gasteiger partial charge in [0.2, 0.25) is 5.91 Å². The molecule has 1 aliphatic carbocycles. The number of aryl methyl sites for hydroxylation is 1. The minimum atomic E-state index is -0.350. The van der Waals surface area contributed by atoms with E-state index in [1.165, 1.54) is 6.08 Å². The smallest absolute Gasteiger partial charge is 0.319 e. The van der Waals surface area contributed by atoms with Crippen LogP contribution >= 0.6 is 0 Å². The first-order valence-electron chi connectivity index (χ1n) is 11.8. The van der Waals surface area contributed by atoms with Gasteiger partial charge in [0, 0.05) is 42.6 Å². The summed E-state index contributed by atoms with van der Waals surface area (Å²) in [6, 6.07) is 3.11. The molecule has 0 aromatic carbocycles. The van der Waals surface area contributed by atoms with Crippen molar-refractivity contribution >= 4 is 29.0 Å². The van der Waals surface area contributed by atoms with Gasteiger partial charge in [-0.1, -0.05) is 12.7 Å². The number of nitrogens with one attached hydrogen (secondary N) is 4. The average Bonchev–Trinajstić information content (AvgIpc) is 3.69. The van der Waals surface area contributed by atoms with Crippen LogP contribution in [0.1, 0.15) is 44.5 Å². The van der Waals surface area contributed by atoms with Gasteiger partial charge >= 0.3 is 6.03 Å². The van der Waals surface area contributed by atoms with Gasteiger partial charge in [0.15, 0.2) is 5.82 Å². The van der Waals surface area contributed by atoms with Gasteiger partial charge in [0.1, 0.15) is 5.84 Å². The number of hydrogen-bond acceptors (Lipinski definition) is 7. The van der Waals surface area contributed by atoms with Crippen LogP contribution in [0.3, 0.4) is 0 Å². The lowest BCUT2D eigenvalue weighted by Crippen LogP contribution is -2.34. The number of amides is 3. The van der Waals surface area contributed by atoms with E-state index >= 15 is 0 Å².